The molecule has 1 N–H and O–H groups in total. The van der Waals surface area contributed by atoms with Gasteiger partial charge in [0, 0.05) is 19.5 Å². The van der Waals surface area contributed by atoms with Gasteiger partial charge in [-0.25, -0.2) is 0 Å². The molecule has 6 heteroatoms. The van der Waals surface area contributed by atoms with Crippen molar-refractivity contribution in [1.82, 2.24) is 15.5 Å². The molecule has 0 radical (unpaired) electrons. The van der Waals surface area contributed by atoms with Crippen molar-refractivity contribution in [2.75, 3.05) is 20.2 Å². The molecule has 1 aromatic rings. The molecule has 16 heavy (non-hydrogen) atoms. The molecule has 90 valence electrons. The first-order valence-corrected chi connectivity index (χ1v) is 5.11. The summed E-state index contributed by atoms with van der Waals surface area (Å²) in [7, 11) is 1.39. The summed E-state index contributed by atoms with van der Waals surface area (Å²) in [6.07, 6.45) is 2.02. The van der Waals surface area contributed by atoms with Crippen molar-refractivity contribution in [1.29, 1.82) is 0 Å². The van der Waals surface area contributed by atoms with Gasteiger partial charge in [0.25, 0.3) is 0 Å². The monoisotopic (exact) mass is 227 g/mol. The highest BCUT2D eigenvalue weighted by molar-refractivity contribution is 5.76. The lowest BCUT2D eigenvalue weighted by molar-refractivity contribution is -0.150. The maximum atomic E-state index is 11.4. The van der Waals surface area contributed by atoms with Crippen molar-refractivity contribution in [2.24, 2.45) is 5.41 Å². The molecule has 0 amide bonds. The van der Waals surface area contributed by atoms with E-state index < -0.39 is 5.41 Å². The fourth-order valence-corrected chi connectivity index (χ4v) is 1.25. The second kappa shape index (κ2) is 5.60. The number of rotatable bonds is 6. The van der Waals surface area contributed by atoms with E-state index >= 15 is 0 Å². The summed E-state index contributed by atoms with van der Waals surface area (Å²) in [6.45, 7) is 4.90. The third-order valence-corrected chi connectivity index (χ3v) is 2.23. The molecule has 0 unspecified atom stereocenters. The molecule has 0 saturated heterocycles. The number of carbonyl (C=O) groups excluding carboxylic acids is 1. The Balaban J connectivity index is 2.22. The summed E-state index contributed by atoms with van der Waals surface area (Å²) in [4.78, 5) is 15.2. The van der Waals surface area contributed by atoms with Crippen LogP contribution in [0.1, 0.15) is 19.7 Å². The lowest BCUT2D eigenvalue weighted by Gasteiger charge is -2.21. The second-order valence-electron chi connectivity index (χ2n) is 4.14. The first-order chi connectivity index (χ1) is 7.56. The molecule has 0 spiro atoms. The summed E-state index contributed by atoms with van der Waals surface area (Å²) in [6, 6.07) is 0. The summed E-state index contributed by atoms with van der Waals surface area (Å²) in [5.41, 5.74) is -0.524. The van der Waals surface area contributed by atoms with Gasteiger partial charge in [-0.2, -0.15) is 4.98 Å². The molecular formula is C10H17N3O3. The summed E-state index contributed by atoms with van der Waals surface area (Å²) < 4.78 is 9.54. The molecule has 0 aromatic carbocycles. The Morgan fingerprint density at radius 2 is 2.38 bits per heavy atom. The van der Waals surface area contributed by atoms with Crippen LogP contribution in [0.25, 0.3) is 0 Å². The summed E-state index contributed by atoms with van der Waals surface area (Å²) >= 11 is 0. The van der Waals surface area contributed by atoms with E-state index in [9.17, 15) is 4.79 Å². The minimum Gasteiger partial charge on any atom is -0.469 e. The summed E-state index contributed by atoms with van der Waals surface area (Å²) in [5, 5.41) is 6.65. The van der Waals surface area contributed by atoms with E-state index in [0.29, 0.717) is 25.4 Å². The number of nitrogens with one attached hydrogen (secondary N) is 1. The lowest BCUT2D eigenvalue weighted by Crippen LogP contribution is -2.37. The quantitative estimate of drug-likeness (QED) is 0.560. The second-order valence-corrected chi connectivity index (χ2v) is 4.14. The molecule has 1 aromatic heterocycles. The minimum absolute atomic E-state index is 0.224. The SMILES string of the molecule is COC(=O)C(C)(C)CNCCc1ncno1. The Labute approximate surface area is 94.4 Å². The third kappa shape index (κ3) is 3.62. The molecule has 1 rings (SSSR count). The zero-order valence-electron chi connectivity index (χ0n) is 9.82. The molecule has 0 atom stereocenters. The topological polar surface area (TPSA) is 77.2 Å². The van der Waals surface area contributed by atoms with Crippen molar-refractivity contribution in [3.63, 3.8) is 0 Å². The van der Waals surface area contributed by atoms with Crippen molar-refractivity contribution < 1.29 is 14.1 Å². The van der Waals surface area contributed by atoms with Gasteiger partial charge < -0.3 is 14.6 Å². The largest absolute Gasteiger partial charge is 0.469 e. The Morgan fingerprint density at radius 3 is 2.94 bits per heavy atom. The van der Waals surface area contributed by atoms with Crippen LogP contribution >= 0.6 is 0 Å². The number of nitrogens with zero attached hydrogens (tertiary/aromatic N) is 2. The van der Waals surface area contributed by atoms with Crippen LogP contribution in [-0.4, -0.2) is 36.3 Å². The molecule has 0 aliphatic rings. The van der Waals surface area contributed by atoms with Crippen molar-refractivity contribution in [2.45, 2.75) is 20.3 Å². The Kier molecular flexibility index (Phi) is 4.42. The van der Waals surface area contributed by atoms with E-state index in [1.807, 2.05) is 13.8 Å². The highest BCUT2D eigenvalue weighted by Gasteiger charge is 2.27. The van der Waals surface area contributed by atoms with E-state index in [1.54, 1.807) is 0 Å². The van der Waals surface area contributed by atoms with Gasteiger partial charge in [0.2, 0.25) is 5.89 Å². The number of hydrogen-bond acceptors (Lipinski definition) is 6. The van der Waals surface area contributed by atoms with Gasteiger partial charge in [0.15, 0.2) is 6.33 Å². The number of ether oxygens (including phenoxy) is 1. The molecule has 0 aliphatic heterocycles. The van der Waals surface area contributed by atoms with E-state index in [0.717, 1.165) is 0 Å². The van der Waals surface area contributed by atoms with Gasteiger partial charge >= 0.3 is 5.97 Å². The Hall–Kier alpha value is -1.43. The predicted octanol–water partition coefficient (Wildman–Crippen LogP) is 0.401. The van der Waals surface area contributed by atoms with Crippen LogP contribution in [0.2, 0.25) is 0 Å². The van der Waals surface area contributed by atoms with Crippen LogP contribution in [-0.2, 0) is 16.0 Å². The number of esters is 1. The molecule has 0 saturated carbocycles. The van der Waals surface area contributed by atoms with Crippen LogP contribution in [0.4, 0.5) is 0 Å². The van der Waals surface area contributed by atoms with E-state index in [4.69, 9.17) is 9.26 Å². The molecule has 6 nitrogen and oxygen atoms in total. The fourth-order valence-electron chi connectivity index (χ4n) is 1.25. The van der Waals surface area contributed by atoms with E-state index in [1.165, 1.54) is 13.4 Å². The van der Waals surface area contributed by atoms with Gasteiger partial charge in [0.05, 0.1) is 12.5 Å². The van der Waals surface area contributed by atoms with Crippen molar-refractivity contribution in [3.05, 3.63) is 12.2 Å². The van der Waals surface area contributed by atoms with Crippen LogP contribution in [0, 0.1) is 5.41 Å². The van der Waals surface area contributed by atoms with E-state index in [2.05, 4.69) is 15.5 Å². The normalized spacial score (nSPS) is 11.4. The predicted molar refractivity (Wildman–Crippen MR) is 56.7 cm³/mol. The maximum Gasteiger partial charge on any atom is 0.312 e. The Morgan fingerprint density at radius 1 is 1.62 bits per heavy atom. The highest BCUT2D eigenvalue weighted by atomic mass is 16.5. The smallest absolute Gasteiger partial charge is 0.312 e. The zero-order valence-corrected chi connectivity index (χ0v) is 9.82. The van der Waals surface area contributed by atoms with E-state index in [-0.39, 0.29) is 5.97 Å². The summed E-state index contributed by atoms with van der Waals surface area (Å²) in [5.74, 6) is 0.362. The zero-order chi connectivity index (χ0) is 12.0. The lowest BCUT2D eigenvalue weighted by atomic mass is 9.94. The molecule has 0 bridgehead atoms. The molecular weight excluding hydrogens is 210 g/mol. The first kappa shape index (κ1) is 12.6. The van der Waals surface area contributed by atoms with Gasteiger partial charge in [-0.3, -0.25) is 4.79 Å². The number of carbonyl (C=O) groups is 1. The maximum absolute atomic E-state index is 11.4. The molecule has 0 fully saturated rings. The average Bonchev–Trinajstić information content (AvgIpc) is 2.76. The number of hydrogen-bond donors (Lipinski definition) is 1. The number of aromatic nitrogens is 2. The average molecular weight is 227 g/mol. The van der Waals surface area contributed by atoms with Crippen molar-refractivity contribution in [3.8, 4) is 0 Å². The van der Waals surface area contributed by atoms with Gasteiger partial charge in [-0.15, -0.1) is 0 Å². The molecule has 1 heterocycles. The highest BCUT2D eigenvalue weighted by Crippen LogP contribution is 2.15. The third-order valence-electron chi connectivity index (χ3n) is 2.23. The van der Waals surface area contributed by atoms with Crippen LogP contribution in [0.5, 0.6) is 0 Å². The minimum atomic E-state index is -0.524. The van der Waals surface area contributed by atoms with Gasteiger partial charge in [-0.1, -0.05) is 5.16 Å². The number of methoxy groups -OCH3 is 1. The van der Waals surface area contributed by atoms with Gasteiger partial charge in [-0.05, 0) is 13.8 Å². The van der Waals surface area contributed by atoms with Crippen LogP contribution in [0.15, 0.2) is 10.9 Å². The first-order valence-electron chi connectivity index (χ1n) is 5.11. The van der Waals surface area contributed by atoms with Crippen LogP contribution < -0.4 is 5.32 Å². The fraction of sp³-hybridized carbons (Fsp3) is 0.700. The Bertz CT molecular complexity index is 322. The molecule has 0 aliphatic carbocycles. The standard InChI is InChI=1S/C10H17N3O3/c1-10(2,9(14)15-3)6-11-5-4-8-12-7-13-16-8/h7,11H,4-6H2,1-3H3. The van der Waals surface area contributed by atoms with Gasteiger partial charge in [0.1, 0.15) is 0 Å². The van der Waals surface area contributed by atoms with Crippen molar-refractivity contribution >= 4 is 5.97 Å². The van der Waals surface area contributed by atoms with Crippen LogP contribution in [0.3, 0.4) is 0 Å².